The van der Waals surface area contributed by atoms with Crippen molar-refractivity contribution in [1.29, 1.82) is 0 Å². The molecule has 0 spiro atoms. The van der Waals surface area contributed by atoms with Gasteiger partial charge in [-0.15, -0.1) is 5.10 Å². The molecule has 1 saturated heterocycles. The van der Waals surface area contributed by atoms with Gasteiger partial charge in [0.25, 0.3) is 5.91 Å². The van der Waals surface area contributed by atoms with Crippen LogP contribution in [0.5, 0.6) is 0 Å². The number of carbonyl (C=O) groups excluding carboxylic acids is 1. The summed E-state index contributed by atoms with van der Waals surface area (Å²) in [5.74, 6) is -0.913. The van der Waals surface area contributed by atoms with Crippen molar-refractivity contribution in [3.05, 3.63) is 36.2 Å². The molecule has 124 valence electrons. The van der Waals surface area contributed by atoms with E-state index in [0.29, 0.717) is 24.2 Å². The molecule has 24 heavy (non-hydrogen) atoms. The van der Waals surface area contributed by atoms with Gasteiger partial charge in [0, 0.05) is 13.1 Å². The Bertz CT molecular complexity index is 791. The van der Waals surface area contributed by atoms with Crippen molar-refractivity contribution in [2.75, 3.05) is 13.1 Å². The Balaban J connectivity index is 1.66. The molecule has 0 radical (unpaired) electrons. The second-order valence-electron chi connectivity index (χ2n) is 6.51. The van der Waals surface area contributed by atoms with Crippen molar-refractivity contribution in [2.24, 2.45) is 11.3 Å². The highest BCUT2D eigenvalue weighted by Gasteiger charge is 2.55. The Labute approximate surface area is 138 Å². The number of amides is 1. The molecule has 1 N–H and O–H groups in total. The van der Waals surface area contributed by atoms with Gasteiger partial charge in [0.2, 0.25) is 0 Å². The van der Waals surface area contributed by atoms with Gasteiger partial charge in [-0.2, -0.15) is 4.68 Å². The highest BCUT2D eigenvalue weighted by Crippen LogP contribution is 2.49. The number of tetrazole rings is 1. The topological polar surface area (TPSA) is 101 Å². The zero-order chi connectivity index (χ0) is 16.7. The molecular weight excluding hydrogens is 310 g/mol. The van der Waals surface area contributed by atoms with Gasteiger partial charge in [-0.3, -0.25) is 9.59 Å². The first-order valence-corrected chi connectivity index (χ1v) is 7.97. The molecule has 4 rings (SSSR count). The van der Waals surface area contributed by atoms with Crippen LogP contribution in [-0.4, -0.2) is 55.2 Å². The largest absolute Gasteiger partial charge is 0.481 e. The molecule has 2 fully saturated rings. The van der Waals surface area contributed by atoms with Crippen LogP contribution in [0.3, 0.4) is 0 Å². The number of rotatable bonds is 3. The van der Waals surface area contributed by atoms with Gasteiger partial charge < -0.3 is 10.0 Å². The first-order chi connectivity index (χ1) is 11.6. The number of aliphatic carboxylic acids is 1. The number of benzene rings is 1. The molecule has 8 heteroatoms. The van der Waals surface area contributed by atoms with Crippen molar-refractivity contribution >= 4 is 11.9 Å². The zero-order valence-electron chi connectivity index (χ0n) is 13.0. The van der Waals surface area contributed by atoms with Crippen molar-refractivity contribution in [3.63, 3.8) is 0 Å². The Morgan fingerprint density at radius 3 is 2.83 bits per heavy atom. The number of carboxylic acid groups (broad SMARTS) is 1. The first kappa shape index (κ1) is 14.8. The minimum atomic E-state index is -0.783. The predicted molar refractivity (Wildman–Crippen MR) is 82.5 cm³/mol. The number of carbonyl (C=O) groups is 2. The van der Waals surface area contributed by atoms with Gasteiger partial charge in [-0.1, -0.05) is 18.6 Å². The lowest BCUT2D eigenvalue weighted by Gasteiger charge is -2.23. The standard InChI is InChI=1S/C16H17N5O3/c22-14(12-5-1-2-6-13(12)21-10-17-18-19-21)20-8-11-4-3-7-16(11,9-20)15(23)24/h1-2,5-6,10-11H,3-4,7-9H2,(H,23,24)/t11-,16+/m0/s1. The monoisotopic (exact) mass is 327 g/mol. The molecule has 2 heterocycles. The maximum absolute atomic E-state index is 13.0. The molecule has 2 aromatic rings. The van der Waals surface area contributed by atoms with E-state index in [1.54, 1.807) is 23.1 Å². The van der Waals surface area contributed by atoms with E-state index in [1.165, 1.54) is 11.0 Å². The van der Waals surface area contributed by atoms with Crippen molar-refractivity contribution < 1.29 is 14.7 Å². The van der Waals surface area contributed by atoms with Crippen LogP contribution in [-0.2, 0) is 4.79 Å². The van der Waals surface area contributed by atoms with Crippen LogP contribution in [0.15, 0.2) is 30.6 Å². The normalized spacial score (nSPS) is 25.7. The van der Waals surface area contributed by atoms with E-state index in [1.807, 2.05) is 6.07 Å². The molecule has 2 aliphatic rings. The predicted octanol–water partition coefficient (Wildman–Crippen LogP) is 0.989. The molecule has 2 atom stereocenters. The summed E-state index contributed by atoms with van der Waals surface area (Å²) >= 11 is 0. The van der Waals surface area contributed by atoms with Gasteiger partial charge in [0.1, 0.15) is 6.33 Å². The fourth-order valence-electron chi connectivity index (χ4n) is 4.09. The fourth-order valence-corrected chi connectivity index (χ4v) is 4.09. The lowest BCUT2D eigenvalue weighted by molar-refractivity contribution is -0.149. The zero-order valence-corrected chi connectivity index (χ0v) is 13.0. The van der Waals surface area contributed by atoms with E-state index in [9.17, 15) is 14.7 Å². The summed E-state index contributed by atoms with van der Waals surface area (Å²) in [5.41, 5.74) is 0.290. The van der Waals surface area contributed by atoms with Gasteiger partial charge in [0.15, 0.2) is 0 Å². The summed E-state index contributed by atoms with van der Waals surface area (Å²) in [6, 6.07) is 7.09. The molecule has 1 amide bonds. The van der Waals surface area contributed by atoms with Crippen LogP contribution in [0.1, 0.15) is 29.6 Å². The third kappa shape index (κ3) is 2.10. The van der Waals surface area contributed by atoms with Crippen LogP contribution in [0.25, 0.3) is 5.69 Å². The summed E-state index contributed by atoms with van der Waals surface area (Å²) in [7, 11) is 0. The van der Waals surface area contributed by atoms with E-state index in [2.05, 4.69) is 15.5 Å². The van der Waals surface area contributed by atoms with Gasteiger partial charge in [-0.05, 0) is 41.3 Å². The van der Waals surface area contributed by atoms with Crippen molar-refractivity contribution in [2.45, 2.75) is 19.3 Å². The van der Waals surface area contributed by atoms with E-state index in [0.717, 1.165) is 12.8 Å². The molecular formula is C16H17N5O3. The number of carboxylic acids is 1. The quantitative estimate of drug-likeness (QED) is 0.902. The molecule has 1 aromatic heterocycles. The summed E-state index contributed by atoms with van der Waals surface area (Å²) in [5, 5.41) is 20.7. The molecule has 1 saturated carbocycles. The lowest BCUT2D eigenvalue weighted by Crippen LogP contribution is -2.37. The first-order valence-electron chi connectivity index (χ1n) is 7.97. The smallest absolute Gasteiger partial charge is 0.311 e. The van der Waals surface area contributed by atoms with Crippen molar-refractivity contribution in [3.8, 4) is 5.69 Å². The third-order valence-electron chi connectivity index (χ3n) is 5.31. The Kier molecular flexibility index (Phi) is 3.33. The number of hydrogen-bond acceptors (Lipinski definition) is 5. The van der Waals surface area contributed by atoms with Gasteiger partial charge in [0.05, 0.1) is 16.7 Å². The summed E-state index contributed by atoms with van der Waals surface area (Å²) in [4.78, 5) is 26.5. The average molecular weight is 327 g/mol. The number of fused-ring (bicyclic) bond motifs is 1. The van der Waals surface area contributed by atoms with E-state index in [4.69, 9.17) is 0 Å². The van der Waals surface area contributed by atoms with Crippen LogP contribution in [0, 0.1) is 11.3 Å². The molecule has 1 aliphatic heterocycles. The van der Waals surface area contributed by atoms with Gasteiger partial charge in [-0.25, -0.2) is 0 Å². The highest BCUT2D eigenvalue weighted by atomic mass is 16.4. The maximum Gasteiger partial charge on any atom is 0.311 e. The Morgan fingerprint density at radius 1 is 1.29 bits per heavy atom. The van der Waals surface area contributed by atoms with E-state index >= 15 is 0 Å². The second-order valence-corrected chi connectivity index (χ2v) is 6.51. The maximum atomic E-state index is 13.0. The Hall–Kier alpha value is -2.77. The lowest BCUT2D eigenvalue weighted by atomic mass is 9.81. The average Bonchev–Trinajstić information content (AvgIpc) is 3.29. The molecule has 1 aliphatic carbocycles. The molecule has 0 unspecified atom stereocenters. The minimum Gasteiger partial charge on any atom is -0.481 e. The number of hydrogen-bond donors (Lipinski definition) is 1. The summed E-state index contributed by atoms with van der Waals surface area (Å²) in [6.07, 6.45) is 3.86. The van der Waals surface area contributed by atoms with Crippen LogP contribution in [0.4, 0.5) is 0 Å². The SMILES string of the molecule is O=C(c1ccccc1-n1cnnn1)N1C[C@@H]2CCC[C@@]2(C(=O)O)C1. The van der Waals surface area contributed by atoms with Crippen molar-refractivity contribution in [1.82, 2.24) is 25.1 Å². The van der Waals surface area contributed by atoms with Crippen LogP contribution >= 0.6 is 0 Å². The molecule has 8 nitrogen and oxygen atoms in total. The third-order valence-corrected chi connectivity index (χ3v) is 5.31. The Morgan fingerprint density at radius 2 is 2.12 bits per heavy atom. The van der Waals surface area contributed by atoms with Crippen LogP contribution in [0.2, 0.25) is 0 Å². The molecule has 1 aromatic carbocycles. The van der Waals surface area contributed by atoms with E-state index < -0.39 is 11.4 Å². The summed E-state index contributed by atoms with van der Waals surface area (Å²) < 4.78 is 1.44. The summed E-state index contributed by atoms with van der Waals surface area (Å²) in [6.45, 7) is 0.769. The number of nitrogens with zero attached hydrogens (tertiary/aromatic N) is 5. The fraction of sp³-hybridized carbons (Fsp3) is 0.438. The van der Waals surface area contributed by atoms with E-state index in [-0.39, 0.29) is 18.4 Å². The highest BCUT2D eigenvalue weighted by molar-refractivity contribution is 5.98. The number of aromatic nitrogens is 4. The van der Waals surface area contributed by atoms with Gasteiger partial charge >= 0.3 is 5.97 Å². The number of likely N-dealkylation sites (tertiary alicyclic amines) is 1. The van der Waals surface area contributed by atoms with Crippen LogP contribution < -0.4 is 0 Å². The minimum absolute atomic E-state index is 0.0409. The number of para-hydroxylation sites is 1. The molecule has 0 bridgehead atoms. The second kappa shape index (κ2) is 5.40.